The van der Waals surface area contributed by atoms with E-state index in [2.05, 4.69) is 29.4 Å². The number of anilines is 1. The van der Waals surface area contributed by atoms with Crippen LogP contribution in [0.25, 0.3) is 5.65 Å². The van der Waals surface area contributed by atoms with Gasteiger partial charge in [-0.2, -0.15) is 0 Å². The van der Waals surface area contributed by atoms with Crippen LogP contribution < -0.4 is 5.32 Å². The molecule has 1 amide bonds. The van der Waals surface area contributed by atoms with Gasteiger partial charge in [-0.25, -0.2) is 0 Å². The fourth-order valence-corrected chi connectivity index (χ4v) is 2.12. The van der Waals surface area contributed by atoms with Crippen molar-refractivity contribution in [2.24, 2.45) is 0 Å². The number of pyridine rings is 1. The zero-order valence-electron chi connectivity index (χ0n) is 11.9. The van der Waals surface area contributed by atoms with Gasteiger partial charge in [-0.1, -0.05) is 26.0 Å². The Morgan fingerprint density at radius 1 is 1.14 bits per heavy atom. The minimum Gasteiger partial charge on any atom is -0.322 e. The molecule has 0 aliphatic heterocycles. The van der Waals surface area contributed by atoms with Gasteiger partial charge in [-0.3, -0.25) is 9.20 Å². The highest BCUT2D eigenvalue weighted by molar-refractivity contribution is 6.04. The van der Waals surface area contributed by atoms with Crippen LogP contribution in [0.1, 0.15) is 35.7 Å². The van der Waals surface area contributed by atoms with Gasteiger partial charge in [0.15, 0.2) is 5.65 Å². The lowest BCUT2D eigenvalue weighted by atomic mass is 10.0. The van der Waals surface area contributed by atoms with E-state index in [0.29, 0.717) is 17.1 Å². The van der Waals surface area contributed by atoms with Crippen molar-refractivity contribution in [2.45, 2.75) is 19.8 Å². The molecule has 0 aliphatic carbocycles. The largest absolute Gasteiger partial charge is 0.322 e. The number of aromatic nitrogens is 3. The van der Waals surface area contributed by atoms with E-state index in [1.807, 2.05) is 24.3 Å². The monoisotopic (exact) mass is 280 g/mol. The Kier molecular flexibility index (Phi) is 3.39. The highest BCUT2D eigenvalue weighted by Crippen LogP contribution is 2.17. The number of amides is 1. The Bertz CT molecular complexity index is 774. The maximum absolute atomic E-state index is 12.2. The smallest absolute Gasteiger partial charge is 0.257 e. The van der Waals surface area contributed by atoms with Gasteiger partial charge in [0.1, 0.15) is 6.33 Å². The summed E-state index contributed by atoms with van der Waals surface area (Å²) in [5.74, 6) is 0.328. The van der Waals surface area contributed by atoms with Gasteiger partial charge < -0.3 is 5.32 Å². The topological polar surface area (TPSA) is 59.3 Å². The third kappa shape index (κ3) is 2.76. The van der Waals surface area contributed by atoms with Crippen molar-refractivity contribution >= 4 is 17.2 Å². The lowest BCUT2D eigenvalue weighted by Crippen LogP contribution is -2.12. The fraction of sp³-hybridized carbons (Fsp3) is 0.188. The van der Waals surface area contributed by atoms with Gasteiger partial charge in [0.05, 0.1) is 5.56 Å². The lowest BCUT2D eigenvalue weighted by Gasteiger charge is -2.08. The number of carbonyl (C=O) groups is 1. The van der Waals surface area contributed by atoms with Crippen LogP contribution in [0, 0.1) is 0 Å². The minimum atomic E-state index is -0.150. The first kappa shape index (κ1) is 13.3. The van der Waals surface area contributed by atoms with Crippen molar-refractivity contribution in [2.75, 3.05) is 5.32 Å². The molecular weight excluding hydrogens is 264 g/mol. The molecule has 0 spiro atoms. The molecule has 0 bridgehead atoms. The molecule has 1 N–H and O–H groups in total. The van der Waals surface area contributed by atoms with Crippen LogP contribution in [0.5, 0.6) is 0 Å². The molecule has 0 saturated carbocycles. The molecule has 5 heteroatoms. The zero-order chi connectivity index (χ0) is 14.8. The van der Waals surface area contributed by atoms with E-state index in [1.165, 1.54) is 5.56 Å². The Hall–Kier alpha value is -2.69. The highest BCUT2D eigenvalue weighted by atomic mass is 16.1. The van der Waals surface area contributed by atoms with Gasteiger partial charge >= 0.3 is 0 Å². The molecule has 0 fully saturated rings. The molecule has 0 unspecified atom stereocenters. The van der Waals surface area contributed by atoms with Gasteiger partial charge in [-0.15, -0.1) is 10.2 Å². The molecule has 0 atom stereocenters. The van der Waals surface area contributed by atoms with Gasteiger partial charge in [0.25, 0.3) is 5.91 Å². The average molecular weight is 280 g/mol. The number of hydrogen-bond acceptors (Lipinski definition) is 3. The van der Waals surface area contributed by atoms with E-state index in [-0.39, 0.29) is 5.91 Å². The number of nitrogens with one attached hydrogen (secondary N) is 1. The molecule has 5 nitrogen and oxygen atoms in total. The van der Waals surface area contributed by atoms with Crippen LogP contribution in [0.3, 0.4) is 0 Å². The second-order valence-corrected chi connectivity index (χ2v) is 5.25. The SMILES string of the molecule is CC(C)c1ccc(NC(=O)c2ccc3nncn3c2)cc1. The van der Waals surface area contributed by atoms with E-state index in [9.17, 15) is 4.79 Å². The Morgan fingerprint density at radius 3 is 2.62 bits per heavy atom. The average Bonchev–Trinajstić information content (AvgIpc) is 2.95. The number of benzene rings is 1. The number of carbonyl (C=O) groups excluding carboxylic acids is 1. The van der Waals surface area contributed by atoms with E-state index >= 15 is 0 Å². The van der Waals surface area contributed by atoms with E-state index in [1.54, 1.807) is 29.1 Å². The Morgan fingerprint density at radius 2 is 1.90 bits per heavy atom. The maximum Gasteiger partial charge on any atom is 0.257 e. The summed E-state index contributed by atoms with van der Waals surface area (Å²) in [4.78, 5) is 12.2. The Balaban J connectivity index is 1.78. The number of fused-ring (bicyclic) bond motifs is 1. The molecule has 3 aromatic rings. The first-order valence-corrected chi connectivity index (χ1v) is 6.84. The fourth-order valence-electron chi connectivity index (χ4n) is 2.12. The molecular formula is C16H16N4O. The number of nitrogens with zero attached hydrogens (tertiary/aromatic N) is 3. The van der Waals surface area contributed by atoms with Crippen molar-refractivity contribution in [3.05, 3.63) is 60.0 Å². The normalized spacial score (nSPS) is 11.0. The molecule has 2 heterocycles. The molecule has 0 radical (unpaired) electrons. The first-order chi connectivity index (χ1) is 10.1. The molecule has 0 saturated heterocycles. The summed E-state index contributed by atoms with van der Waals surface area (Å²) in [7, 11) is 0. The molecule has 1 aromatic carbocycles. The summed E-state index contributed by atoms with van der Waals surface area (Å²) in [6.07, 6.45) is 3.29. The van der Waals surface area contributed by atoms with Crippen LogP contribution >= 0.6 is 0 Å². The summed E-state index contributed by atoms with van der Waals surface area (Å²) in [6, 6.07) is 11.4. The third-order valence-corrected chi connectivity index (χ3v) is 3.39. The molecule has 3 rings (SSSR count). The van der Waals surface area contributed by atoms with Gasteiger partial charge in [0, 0.05) is 11.9 Å². The van der Waals surface area contributed by atoms with Gasteiger partial charge in [-0.05, 0) is 35.7 Å². The third-order valence-electron chi connectivity index (χ3n) is 3.39. The molecule has 0 aliphatic rings. The molecule has 21 heavy (non-hydrogen) atoms. The van der Waals surface area contributed by atoms with Crippen LogP contribution in [-0.4, -0.2) is 20.5 Å². The zero-order valence-corrected chi connectivity index (χ0v) is 11.9. The van der Waals surface area contributed by atoms with Crippen molar-refractivity contribution in [3.8, 4) is 0 Å². The predicted molar refractivity (Wildman–Crippen MR) is 81.5 cm³/mol. The number of hydrogen-bond donors (Lipinski definition) is 1. The van der Waals surface area contributed by atoms with E-state index in [0.717, 1.165) is 5.69 Å². The predicted octanol–water partition coefficient (Wildman–Crippen LogP) is 3.11. The van der Waals surface area contributed by atoms with E-state index in [4.69, 9.17) is 0 Å². The summed E-state index contributed by atoms with van der Waals surface area (Å²) in [5.41, 5.74) is 3.32. The summed E-state index contributed by atoms with van der Waals surface area (Å²) < 4.78 is 1.72. The standard InChI is InChI=1S/C16H16N4O/c1-11(2)12-3-6-14(7-4-12)18-16(21)13-5-8-15-19-17-10-20(15)9-13/h3-11H,1-2H3,(H,18,21). The maximum atomic E-state index is 12.2. The quantitative estimate of drug-likeness (QED) is 0.802. The summed E-state index contributed by atoms with van der Waals surface area (Å²) in [5, 5.41) is 10.6. The van der Waals surface area contributed by atoms with Crippen LogP contribution in [-0.2, 0) is 0 Å². The highest BCUT2D eigenvalue weighted by Gasteiger charge is 2.08. The lowest BCUT2D eigenvalue weighted by molar-refractivity contribution is 0.102. The van der Waals surface area contributed by atoms with Crippen LogP contribution in [0.2, 0.25) is 0 Å². The molecule has 2 aromatic heterocycles. The minimum absolute atomic E-state index is 0.150. The summed E-state index contributed by atoms with van der Waals surface area (Å²) >= 11 is 0. The summed E-state index contributed by atoms with van der Waals surface area (Å²) in [6.45, 7) is 4.28. The first-order valence-electron chi connectivity index (χ1n) is 6.84. The van der Waals surface area contributed by atoms with Crippen LogP contribution in [0.15, 0.2) is 48.9 Å². The van der Waals surface area contributed by atoms with Crippen molar-refractivity contribution in [1.29, 1.82) is 0 Å². The Labute approximate surface area is 122 Å². The van der Waals surface area contributed by atoms with Gasteiger partial charge in [0.2, 0.25) is 0 Å². The number of rotatable bonds is 3. The van der Waals surface area contributed by atoms with E-state index < -0.39 is 0 Å². The van der Waals surface area contributed by atoms with Crippen LogP contribution in [0.4, 0.5) is 5.69 Å². The van der Waals surface area contributed by atoms with Crippen molar-refractivity contribution < 1.29 is 4.79 Å². The van der Waals surface area contributed by atoms with Crippen molar-refractivity contribution in [3.63, 3.8) is 0 Å². The second kappa shape index (κ2) is 5.36. The molecule has 106 valence electrons. The van der Waals surface area contributed by atoms with Crippen molar-refractivity contribution in [1.82, 2.24) is 14.6 Å². The second-order valence-electron chi connectivity index (χ2n) is 5.25.